The van der Waals surface area contributed by atoms with Crippen molar-refractivity contribution >= 4 is 22.6 Å². The number of benzene rings is 1. The van der Waals surface area contributed by atoms with Crippen LogP contribution < -0.4 is 5.73 Å². The Morgan fingerprint density at radius 2 is 2.05 bits per heavy atom. The monoisotopic (exact) mass is 268 g/mol. The number of anilines is 1. The standard InChI is InChI=1S/C15H12N2OS/c16-9-11-6-7-19-14(11)12-8-13(18-15(12)17)10-4-2-1-3-5-10/h1-5,8H,6-7,17H2. The van der Waals surface area contributed by atoms with Gasteiger partial charge in [-0.25, -0.2) is 0 Å². The van der Waals surface area contributed by atoms with E-state index in [9.17, 15) is 0 Å². The van der Waals surface area contributed by atoms with Crippen LogP contribution in [0.5, 0.6) is 0 Å². The summed E-state index contributed by atoms with van der Waals surface area (Å²) in [7, 11) is 0. The second-order valence-corrected chi connectivity index (χ2v) is 5.38. The third-order valence-electron chi connectivity index (χ3n) is 3.07. The van der Waals surface area contributed by atoms with Crippen LogP contribution in [0.2, 0.25) is 0 Å². The molecule has 1 aromatic carbocycles. The molecule has 4 heteroatoms. The molecule has 19 heavy (non-hydrogen) atoms. The number of furan rings is 1. The molecule has 94 valence electrons. The van der Waals surface area contributed by atoms with Crippen LogP contribution in [-0.2, 0) is 0 Å². The minimum absolute atomic E-state index is 0.385. The van der Waals surface area contributed by atoms with E-state index in [-0.39, 0.29) is 0 Å². The van der Waals surface area contributed by atoms with E-state index in [0.717, 1.165) is 39.5 Å². The molecule has 3 rings (SSSR count). The fraction of sp³-hybridized carbons (Fsp3) is 0.133. The number of nitrogens with zero attached hydrogens (tertiary/aromatic N) is 1. The second-order valence-electron chi connectivity index (χ2n) is 4.27. The van der Waals surface area contributed by atoms with Crippen molar-refractivity contribution in [3.05, 3.63) is 47.5 Å². The molecule has 0 saturated heterocycles. The van der Waals surface area contributed by atoms with Crippen LogP contribution >= 0.6 is 11.8 Å². The summed E-state index contributed by atoms with van der Waals surface area (Å²) in [4.78, 5) is 0.964. The molecule has 0 aliphatic carbocycles. The van der Waals surface area contributed by atoms with E-state index in [1.807, 2.05) is 36.4 Å². The lowest BCUT2D eigenvalue weighted by molar-refractivity contribution is 0.602. The fourth-order valence-electron chi connectivity index (χ4n) is 2.13. The highest BCUT2D eigenvalue weighted by atomic mass is 32.2. The first-order chi connectivity index (χ1) is 9.29. The zero-order valence-corrected chi connectivity index (χ0v) is 11.0. The Morgan fingerprint density at radius 1 is 1.26 bits per heavy atom. The molecule has 0 atom stereocenters. The van der Waals surface area contributed by atoms with Crippen LogP contribution in [-0.4, -0.2) is 5.75 Å². The Morgan fingerprint density at radius 3 is 2.79 bits per heavy atom. The van der Waals surface area contributed by atoms with Gasteiger partial charge in [0, 0.05) is 21.8 Å². The molecule has 2 heterocycles. The zero-order valence-electron chi connectivity index (χ0n) is 10.2. The van der Waals surface area contributed by atoms with Gasteiger partial charge in [0.1, 0.15) is 5.76 Å². The number of hydrogen-bond donors (Lipinski definition) is 1. The van der Waals surface area contributed by atoms with Gasteiger partial charge in [-0.2, -0.15) is 5.26 Å². The minimum Gasteiger partial charge on any atom is -0.440 e. The number of thioether (sulfide) groups is 1. The molecule has 0 saturated carbocycles. The number of hydrogen-bond acceptors (Lipinski definition) is 4. The summed E-state index contributed by atoms with van der Waals surface area (Å²) in [5, 5.41) is 9.12. The van der Waals surface area contributed by atoms with Crippen LogP contribution in [0.25, 0.3) is 16.2 Å². The Hall–Kier alpha value is -2.12. The molecule has 2 aromatic rings. The number of nitrogen functional groups attached to an aromatic ring is 1. The van der Waals surface area contributed by atoms with Crippen molar-refractivity contribution in [2.24, 2.45) is 0 Å². The van der Waals surface area contributed by atoms with Crippen molar-refractivity contribution in [3.63, 3.8) is 0 Å². The summed E-state index contributed by atoms with van der Waals surface area (Å²) < 4.78 is 5.63. The zero-order chi connectivity index (χ0) is 13.2. The Labute approximate surface area is 115 Å². The van der Waals surface area contributed by atoms with E-state index in [4.69, 9.17) is 15.4 Å². The molecule has 0 bridgehead atoms. The smallest absolute Gasteiger partial charge is 0.199 e. The van der Waals surface area contributed by atoms with E-state index in [1.165, 1.54) is 0 Å². The van der Waals surface area contributed by atoms with Gasteiger partial charge in [0.25, 0.3) is 0 Å². The first kappa shape index (κ1) is 11.9. The molecule has 2 N–H and O–H groups in total. The largest absolute Gasteiger partial charge is 0.440 e. The second kappa shape index (κ2) is 4.87. The number of nitrogens with two attached hydrogens (primary N) is 1. The van der Waals surface area contributed by atoms with E-state index < -0.39 is 0 Å². The third-order valence-corrected chi connectivity index (χ3v) is 4.23. The van der Waals surface area contributed by atoms with Gasteiger partial charge >= 0.3 is 0 Å². The maximum atomic E-state index is 9.12. The van der Waals surface area contributed by atoms with Crippen LogP contribution in [0.3, 0.4) is 0 Å². The van der Waals surface area contributed by atoms with Crippen molar-refractivity contribution < 1.29 is 4.42 Å². The molecule has 1 aromatic heterocycles. The molecular formula is C15H12N2OS. The first-order valence-electron chi connectivity index (χ1n) is 6.00. The summed E-state index contributed by atoms with van der Waals surface area (Å²) in [5.74, 6) is 2.06. The van der Waals surface area contributed by atoms with Crippen molar-refractivity contribution in [1.29, 1.82) is 5.26 Å². The molecule has 1 aliphatic rings. The van der Waals surface area contributed by atoms with Crippen molar-refractivity contribution in [3.8, 4) is 17.4 Å². The lowest BCUT2D eigenvalue weighted by atomic mass is 10.1. The van der Waals surface area contributed by atoms with Gasteiger partial charge < -0.3 is 10.2 Å². The average Bonchev–Trinajstić information content (AvgIpc) is 3.05. The predicted octanol–water partition coefficient (Wildman–Crippen LogP) is 3.90. The molecule has 0 fully saturated rings. The molecule has 0 radical (unpaired) electrons. The van der Waals surface area contributed by atoms with Gasteiger partial charge in [-0.1, -0.05) is 30.3 Å². The van der Waals surface area contributed by atoms with Gasteiger partial charge in [-0.15, -0.1) is 11.8 Å². The maximum absolute atomic E-state index is 9.12. The number of nitriles is 1. The molecule has 0 amide bonds. The van der Waals surface area contributed by atoms with Crippen molar-refractivity contribution in [1.82, 2.24) is 0 Å². The highest BCUT2D eigenvalue weighted by Crippen LogP contribution is 2.43. The average molecular weight is 268 g/mol. The third kappa shape index (κ3) is 2.13. The van der Waals surface area contributed by atoms with Gasteiger partial charge in [-0.05, 0) is 12.5 Å². The van der Waals surface area contributed by atoms with Crippen LogP contribution in [0.15, 0.2) is 46.4 Å². The SMILES string of the molecule is N#CC1=C(c2cc(-c3ccccc3)oc2N)SCC1. The summed E-state index contributed by atoms with van der Waals surface area (Å²) >= 11 is 1.67. The Kier molecular flexibility index (Phi) is 3.06. The van der Waals surface area contributed by atoms with E-state index >= 15 is 0 Å². The molecule has 0 spiro atoms. The lowest BCUT2D eigenvalue weighted by Crippen LogP contribution is -1.86. The maximum Gasteiger partial charge on any atom is 0.199 e. The topological polar surface area (TPSA) is 63.0 Å². The summed E-state index contributed by atoms with van der Waals surface area (Å²) in [6, 6.07) is 14.0. The van der Waals surface area contributed by atoms with E-state index in [1.54, 1.807) is 11.8 Å². The van der Waals surface area contributed by atoms with E-state index in [2.05, 4.69) is 6.07 Å². The van der Waals surface area contributed by atoms with Gasteiger partial charge in [-0.3, -0.25) is 0 Å². The fourth-order valence-corrected chi connectivity index (χ4v) is 3.28. The van der Waals surface area contributed by atoms with Crippen molar-refractivity contribution in [2.45, 2.75) is 6.42 Å². The van der Waals surface area contributed by atoms with Crippen LogP contribution in [0, 0.1) is 11.3 Å². The van der Waals surface area contributed by atoms with Crippen molar-refractivity contribution in [2.75, 3.05) is 11.5 Å². The molecular weight excluding hydrogens is 256 g/mol. The highest BCUT2D eigenvalue weighted by molar-refractivity contribution is 8.08. The van der Waals surface area contributed by atoms with Crippen LogP contribution in [0.4, 0.5) is 5.88 Å². The van der Waals surface area contributed by atoms with Crippen LogP contribution in [0.1, 0.15) is 12.0 Å². The minimum atomic E-state index is 0.385. The first-order valence-corrected chi connectivity index (χ1v) is 6.99. The Bertz CT molecular complexity index is 680. The summed E-state index contributed by atoms with van der Waals surface area (Å²) in [6.45, 7) is 0. The van der Waals surface area contributed by atoms with Gasteiger partial charge in [0.15, 0.2) is 5.88 Å². The number of rotatable bonds is 2. The van der Waals surface area contributed by atoms with Gasteiger partial charge in [0.2, 0.25) is 0 Å². The normalized spacial score (nSPS) is 14.7. The molecule has 3 nitrogen and oxygen atoms in total. The Balaban J connectivity index is 2.06. The predicted molar refractivity (Wildman–Crippen MR) is 78.2 cm³/mol. The molecule has 1 aliphatic heterocycles. The number of allylic oxidation sites excluding steroid dienone is 1. The summed E-state index contributed by atoms with van der Waals surface area (Å²) in [5.41, 5.74) is 8.59. The molecule has 0 unspecified atom stereocenters. The van der Waals surface area contributed by atoms with Gasteiger partial charge in [0.05, 0.1) is 11.6 Å². The van der Waals surface area contributed by atoms with E-state index in [0.29, 0.717) is 5.88 Å². The summed E-state index contributed by atoms with van der Waals surface area (Å²) in [6.07, 6.45) is 0.807. The highest BCUT2D eigenvalue weighted by Gasteiger charge is 2.22. The lowest BCUT2D eigenvalue weighted by Gasteiger charge is -1.97. The quantitative estimate of drug-likeness (QED) is 0.897.